The summed E-state index contributed by atoms with van der Waals surface area (Å²) in [7, 11) is 1.73. The number of likely N-dealkylation sites (N-methyl/N-ethyl adjacent to an activating group) is 1. The highest BCUT2D eigenvalue weighted by Gasteiger charge is 2.31. The summed E-state index contributed by atoms with van der Waals surface area (Å²) in [6.07, 6.45) is -4.19. The van der Waals surface area contributed by atoms with E-state index >= 15 is 0 Å². The number of carbonyl (C=O) groups is 2. The number of anilines is 2. The minimum absolute atomic E-state index is 0.0634. The number of rotatable bonds is 4. The van der Waals surface area contributed by atoms with Gasteiger partial charge in [-0.05, 0) is 43.8 Å². The average Bonchev–Trinajstić information content (AvgIpc) is 2.75. The summed E-state index contributed by atoms with van der Waals surface area (Å²) < 4.78 is 38.1. The van der Waals surface area contributed by atoms with Crippen LogP contribution in [-0.4, -0.2) is 36.3 Å². The van der Waals surface area contributed by atoms with Gasteiger partial charge in [0.25, 0.3) is 0 Å². The van der Waals surface area contributed by atoms with Crippen LogP contribution in [0.2, 0.25) is 0 Å². The van der Waals surface area contributed by atoms with Gasteiger partial charge in [0, 0.05) is 19.0 Å². The lowest BCUT2D eigenvalue weighted by molar-refractivity contribution is -0.137. The fraction of sp³-hybridized carbons (Fsp3) is 0.333. The van der Waals surface area contributed by atoms with E-state index in [1.54, 1.807) is 41.1 Å². The summed E-state index contributed by atoms with van der Waals surface area (Å²) in [5.41, 5.74) is 1.20. The fourth-order valence-corrected chi connectivity index (χ4v) is 3.44. The van der Waals surface area contributed by atoms with Crippen molar-refractivity contribution in [3.8, 4) is 0 Å². The molecule has 1 N–H and O–H groups in total. The molecule has 154 valence electrons. The van der Waals surface area contributed by atoms with Gasteiger partial charge < -0.3 is 10.2 Å². The van der Waals surface area contributed by atoms with Crippen molar-refractivity contribution in [2.45, 2.75) is 32.1 Å². The third-order valence-electron chi connectivity index (χ3n) is 4.77. The van der Waals surface area contributed by atoms with E-state index in [9.17, 15) is 22.8 Å². The Kier molecular flexibility index (Phi) is 5.93. The van der Waals surface area contributed by atoms with E-state index in [0.717, 1.165) is 12.1 Å². The van der Waals surface area contributed by atoms with Gasteiger partial charge in [-0.15, -0.1) is 0 Å². The van der Waals surface area contributed by atoms with Gasteiger partial charge in [-0.25, -0.2) is 0 Å². The van der Waals surface area contributed by atoms with E-state index in [1.807, 2.05) is 6.92 Å². The zero-order chi connectivity index (χ0) is 21.2. The molecule has 1 atom stereocenters. The molecule has 1 heterocycles. The molecule has 29 heavy (non-hydrogen) atoms. The van der Waals surface area contributed by atoms with Gasteiger partial charge in [0.2, 0.25) is 11.8 Å². The van der Waals surface area contributed by atoms with Crippen LogP contribution < -0.4 is 10.2 Å². The highest BCUT2D eigenvalue weighted by Crippen LogP contribution is 2.31. The highest BCUT2D eigenvalue weighted by molar-refractivity contribution is 6.04. The number of amides is 2. The molecule has 2 amide bonds. The second kappa shape index (κ2) is 8.24. The number of fused-ring (bicyclic) bond motifs is 1. The monoisotopic (exact) mass is 405 g/mol. The molecule has 8 heteroatoms. The first-order valence-corrected chi connectivity index (χ1v) is 9.21. The third kappa shape index (κ3) is 4.95. The largest absolute Gasteiger partial charge is 0.416 e. The number of halogens is 3. The van der Waals surface area contributed by atoms with E-state index in [4.69, 9.17) is 0 Å². The summed E-state index contributed by atoms with van der Waals surface area (Å²) in [6, 6.07) is 11.7. The van der Waals surface area contributed by atoms with Gasteiger partial charge in [-0.2, -0.15) is 13.2 Å². The van der Waals surface area contributed by atoms with E-state index in [-0.39, 0.29) is 30.8 Å². The van der Waals surface area contributed by atoms with Crippen LogP contribution in [0.1, 0.15) is 24.5 Å². The summed E-state index contributed by atoms with van der Waals surface area (Å²) in [4.78, 5) is 28.4. The molecule has 0 saturated heterocycles. The van der Waals surface area contributed by atoms with Crippen LogP contribution in [0.15, 0.2) is 48.5 Å². The molecule has 0 spiro atoms. The van der Waals surface area contributed by atoms with Crippen molar-refractivity contribution < 1.29 is 22.8 Å². The first-order chi connectivity index (χ1) is 13.6. The number of hydrogen-bond donors (Lipinski definition) is 1. The highest BCUT2D eigenvalue weighted by atomic mass is 19.4. The number of para-hydroxylation sites is 2. The number of hydrogen-bond acceptors (Lipinski definition) is 3. The zero-order valence-corrected chi connectivity index (χ0v) is 16.2. The molecule has 1 aliphatic rings. The molecule has 0 aromatic heterocycles. The topological polar surface area (TPSA) is 52.7 Å². The number of nitrogens with zero attached hydrogens (tertiary/aromatic N) is 2. The van der Waals surface area contributed by atoms with Crippen LogP contribution in [-0.2, 0) is 22.3 Å². The molecule has 0 saturated carbocycles. The van der Waals surface area contributed by atoms with Crippen molar-refractivity contribution in [3.63, 3.8) is 0 Å². The molecule has 2 aromatic rings. The minimum atomic E-state index is -4.37. The lowest BCUT2D eigenvalue weighted by Gasteiger charge is -2.29. The zero-order valence-electron chi connectivity index (χ0n) is 16.2. The van der Waals surface area contributed by atoms with Gasteiger partial charge >= 0.3 is 6.18 Å². The Morgan fingerprint density at radius 3 is 2.48 bits per heavy atom. The Morgan fingerprint density at radius 1 is 1.17 bits per heavy atom. The van der Waals surface area contributed by atoms with E-state index in [1.165, 1.54) is 12.1 Å². The molecule has 0 bridgehead atoms. The van der Waals surface area contributed by atoms with Crippen molar-refractivity contribution in [3.05, 3.63) is 59.7 Å². The summed E-state index contributed by atoms with van der Waals surface area (Å²) in [5, 5.41) is 2.81. The molecule has 2 aromatic carbocycles. The Balaban J connectivity index is 1.71. The first-order valence-electron chi connectivity index (χ1n) is 9.21. The number of benzene rings is 2. The molecular weight excluding hydrogens is 383 g/mol. The van der Waals surface area contributed by atoms with Gasteiger partial charge in [0.05, 0.1) is 23.5 Å². The second-order valence-corrected chi connectivity index (χ2v) is 7.25. The molecule has 0 fully saturated rings. The molecule has 5 nitrogen and oxygen atoms in total. The number of carbonyl (C=O) groups excluding carboxylic acids is 2. The van der Waals surface area contributed by atoms with Crippen molar-refractivity contribution in [2.75, 3.05) is 23.8 Å². The normalized spacial score (nSPS) is 17.0. The molecule has 1 aliphatic heterocycles. The van der Waals surface area contributed by atoms with Gasteiger partial charge in [-0.3, -0.25) is 14.5 Å². The van der Waals surface area contributed by atoms with E-state index in [2.05, 4.69) is 5.32 Å². The van der Waals surface area contributed by atoms with Crippen molar-refractivity contribution in [1.82, 2.24) is 4.90 Å². The standard InChI is InChI=1S/C21H22F3N3O2/c1-14-11-19(28)25-17-5-3-4-6-18(17)27(14)20(29)13-26(2)12-15-7-9-16(10-8-15)21(22,23)24/h3-10,14H,11-13H2,1-2H3,(H,25,28)/t14-/m0/s1. The molecule has 0 unspecified atom stereocenters. The lowest BCUT2D eigenvalue weighted by atomic mass is 10.1. The maximum absolute atomic E-state index is 13.0. The van der Waals surface area contributed by atoms with Gasteiger partial charge in [0.1, 0.15) is 0 Å². The maximum atomic E-state index is 13.0. The predicted octanol–water partition coefficient (Wildman–Crippen LogP) is 3.90. The number of alkyl halides is 3. The SMILES string of the molecule is C[C@H]1CC(=O)Nc2ccccc2N1C(=O)CN(C)Cc1ccc(C(F)(F)F)cc1. The first kappa shape index (κ1) is 20.9. The molecule has 0 radical (unpaired) electrons. The summed E-state index contributed by atoms with van der Waals surface area (Å²) >= 11 is 0. The van der Waals surface area contributed by atoms with Crippen LogP contribution in [0.4, 0.5) is 24.5 Å². The Labute approximate surface area is 167 Å². The van der Waals surface area contributed by atoms with Crippen LogP contribution >= 0.6 is 0 Å². The van der Waals surface area contributed by atoms with Crippen molar-refractivity contribution in [2.24, 2.45) is 0 Å². The molecule has 3 rings (SSSR count). The van der Waals surface area contributed by atoms with Crippen LogP contribution in [0.3, 0.4) is 0 Å². The number of nitrogens with one attached hydrogen (secondary N) is 1. The van der Waals surface area contributed by atoms with E-state index in [0.29, 0.717) is 23.5 Å². The third-order valence-corrected chi connectivity index (χ3v) is 4.77. The van der Waals surface area contributed by atoms with Gasteiger partial charge in [0.15, 0.2) is 0 Å². The van der Waals surface area contributed by atoms with Crippen LogP contribution in [0.5, 0.6) is 0 Å². The Morgan fingerprint density at radius 2 is 1.83 bits per heavy atom. The molecular formula is C21H22F3N3O2. The lowest BCUT2D eigenvalue weighted by Crippen LogP contribution is -2.44. The average molecular weight is 405 g/mol. The fourth-order valence-electron chi connectivity index (χ4n) is 3.44. The molecule has 0 aliphatic carbocycles. The maximum Gasteiger partial charge on any atom is 0.416 e. The van der Waals surface area contributed by atoms with Crippen molar-refractivity contribution in [1.29, 1.82) is 0 Å². The smallest absolute Gasteiger partial charge is 0.324 e. The Hall–Kier alpha value is -2.87. The van der Waals surface area contributed by atoms with Crippen LogP contribution in [0.25, 0.3) is 0 Å². The van der Waals surface area contributed by atoms with Gasteiger partial charge in [-0.1, -0.05) is 24.3 Å². The van der Waals surface area contributed by atoms with Crippen molar-refractivity contribution >= 4 is 23.2 Å². The summed E-state index contributed by atoms with van der Waals surface area (Å²) in [6.45, 7) is 2.20. The predicted molar refractivity (Wildman–Crippen MR) is 104 cm³/mol. The minimum Gasteiger partial charge on any atom is -0.324 e. The Bertz CT molecular complexity index is 897. The second-order valence-electron chi connectivity index (χ2n) is 7.25. The quantitative estimate of drug-likeness (QED) is 0.840. The van der Waals surface area contributed by atoms with E-state index < -0.39 is 11.7 Å². The van der Waals surface area contributed by atoms with Crippen LogP contribution in [0, 0.1) is 0 Å². The summed E-state index contributed by atoms with van der Waals surface area (Å²) in [5.74, 6) is -0.339.